The van der Waals surface area contributed by atoms with Gasteiger partial charge in [0.1, 0.15) is 29.0 Å². The van der Waals surface area contributed by atoms with Crippen molar-refractivity contribution in [3.8, 4) is 0 Å². The van der Waals surface area contributed by atoms with Gasteiger partial charge in [-0.3, -0.25) is 0 Å². The van der Waals surface area contributed by atoms with E-state index >= 15 is 0 Å². The number of ether oxygens (including phenoxy) is 5. The maximum absolute atomic E-state index is 12.8. The first-order valence-electron chi connectivity index (χ1n) is 14.1. The molecule has 2 fully saturated rings. The van der Waals surface area contributed by atoms with E-state index in [1.165, 1.54) is 11.9 Å². The molecular weight excluding hydrogens is 538 g/mol. The molecule has 0 aromatic heterocycles. The molecular formula is C28H51N3O10. The smallest absolute Gasteiger partial charge is 0.410 e. The van der Waals surface area contributed by atoms with Gasteiger partial charge in [0.15, 0.2) is 6.29 Å². The molecule has 0 spiro atoms. The number of likely N-dealkylation sites (N-methyl/N-ethyl adjacent to an activating group) is 1. The predicted molar refractivity (Wildman–Crippen MR) is 149 cm³/mol. The van der Waals surface area contributed by atoms with Crippen molar-refractivity contribution < 1.29 is 48.3 Å². The van der Waals surface area contributed by atoms with E-state index in [0.29, 0.717) is 0 Å². The fraction of sp³-hybridized carbons (Fsp3) is 0.893. The first kappa shape index (κ1) is 34.8. The molecule has 13 nitrogen and oxygen atoms in total. The van der Waals surface area contributed by atoms with E-state index in [0.717, 1.165) is 0 Å². The third kappa shape index (κ3) is 11.1. The number of carbonyl (C=O) groups is 3. The van der Waals surface area contributed by atoms with E-state index in [1.54, 1.807) is 62.3 Å². The minimum Gasteiger partial charge on any atom is -0.444 e. The lowest BCUT2D eigenvalue weighted by Gasteiger charge is -2.46. The lowest BCUT2D eigenvalue weighted by molar-refractivity contribution is -0.276. The molecule has 4 N–H and O–H groups in total. The highest BCUT2D eigenvalue weighted by Crippen LogP contribution is 2.31. The van der Waals surface area contributed by atoms with E-state index in [-0.39, 0.29) is 25.4 Å². The Bertz CT molecular complexity index is 910. The Kier molecular flexibility index (Phi) is 11.3. The van der Waals surface area contributed by atoms with Crippen LogP contribution < -0.4 is 10.6 Å². The Morgan fingerprint density at radius 3 is 1.85 bits per heavy atom. The first-order chi connectivity index (χ1) is 18.6. The third-order valence-electron chi connectivity index (χ3n) is 6.42. The second-order valence-electron chi connectivity index (χ2n) is 14.0. The SMILES string of the molecule is CC1COC(OC2C(O)CC(NC(=O)OC(C)(C)C)CC2NC(=O)OC(C)(C)C)C(O)C1N(C)C(=O)OC(C)(C)C. The molecule has 1 aliphatic carbocycles. The van der Waals surface area contributed by atoms with E-state index in [1.807, 2.05) is 6.92 Å². The first-order valence-corrected chi connectivity index (χ1v) is 14.1. The number of hydrogen-bond donors (Lipinski definition) is 4. The second kappa shape index (κ2) is 13.3. The molecule has 1 aliphatic heterocycles. The van der Waals surface area contributed by atoms with Crippen LogP contribution in [0.5, 0.6) is 0 Å². The standard InChI is InChI=1S/C28H51N3O10/c1-15-14-37-22(20(33)19(15)31(11)25(36)41-28(8,9)10)38-21-17(30-24(35)40-27(5,6)7)12-16(13-18(21)32)29-23(34)39-26(2,3)4/h15-22,32-33H,12-14H2,1-11H3,(H,29,34)(H,30,35). The van der Waals surface area contributed by atoms with Crippen LogP contribution in [0.15, 0.2) is 0 Å². The highest BCUT2D eigenvalue weighted by Gasteiger charge is 2.47. The summed E-state index contributed by atoms with van der Waals surface area (Å²) in [7, 11) is 1.54. The number of alkyl carbamates (subject to hydrolysis) is 2. The van der Waals surface area contributed by atoms with Crippen LogP contribution in [0, 0.1) is 5.92 Å². The summed E-state index contributed by atoms with van der Waals surface area (Å²) in [6, 6.07) is -2.09. The lowest BCUT2D eigenvalue weighted by Crippen LogP contribution is -2.63. The molecule has 1 saturated carbocycles. The average Bonchev–Trinajstić information content (AvgIpc) is 2.73. The molecule has 2 rings (SSSR count). The number of nitrogens with one attached hydrogen (secondary N) is 2. The van der Waals surface area contributed by atoms with E-state index in [9.17, 15) is 24.6 Å². The Labute approximate surface area is 243 Å². The minimum atomic E-state index is -1.29. The van der Waals surface area contributed by atoms with Crippen LogP contribution in [-0.4, -0.2) is 107 Å². The second-order valence-corrected chi connectivity index (χ2v) is 14.0. The van der Waals surface area contributed by atoms with Crippen molar-refractivity contribution in [2.24, 2.45) is 5.92 Å². The summed E-state index contributed by atoms with van der Waals surface area (Å²) < 4.78 is 28.2. The maximum atomic E-state index is 12.8. The third-order valence-corrected chi connectivity index (χ3v) is 6.42. The fourth-order valence-electron chi connectivity index (χ4n) is 4.89. The maximum Gasteiger partial charge on any atom is 0.410 e. The monoisotopic (exact) mass is 589 g/mol. The van der Waals surface area contributed by atoms with Crippen LogP contribution >= 0.6 is 0 Å². The van der Waals surface area contributed by atoms with Crippen LogP contribution in [0.3, 0.4) is 0 Å². The van der Waals surface area contributed by atoms with Gasteiger partial charge in [0.05, 0.1) is 24.8 Å². The summed E-state index contributed by atoms with van der Waals surface area (Å²) in [5, 5.41) is 27.9. The molecule has 41 heavy (non-hydrogen) atoms. The number of aliphatic hydroxyl groups excluding tert-OH is 2. The van der Waals surface area contributed by atoms with Gasteiger partial charge in [-0.05, 0) is 75.2 Å². The Morgan fingerprint density at radius 1 is 0.829 bits per heavy atom. The normalized spacial score (nSPS) is 31.0. The van der Waals surface area contributed by atoms with E-state index < -0.39 is 77.8 Å². The number of amides is 3. The molecule has 0 bridgehead atoms. The molecule has 1 heterocycles. The summed E-state index contributed by atoms with van der Waals surface area (Å²) in [4.78, 5) is 39.2. The lowest BCUT2D eigenvalue weighted by atomic mass is 9.85. The Hall–Kier alpha value is -2.35. The topological polar surface area (TPSA) is 165 Å². The molecule has 3 amide bonds. The fourth-order valence-corrected chi connectivity index (χ4v) is 4.89. The molecule has 0 aromatic carbocycles. The van der Waals surface area contributed by atoms with Gasteiger partial charge >= 0.3 is 18.3 Å². The largest absolute Gasteiger partial charge is 0.444 e. The molecule has 8 atom stereocenters. The average molecular weight is 590 g/mol. The van der Waals surface area contributed by atoms with Crippen molar-refractivity contribution in [3.63, 3.8) is 0 Å². The van der Waals surface area contributed by atoms with Gasteiger partial charge in [-0.2, -0.15) is 0 Å². The van der Waals surface area contributed by atoms with Gasteiger partial charge in [-0.25, -0.2) is 14.4 Å². The quantitative estimate of drug-likeness (QED) is 0.350. The van der Waals surface area contributed by atoms with E-state index in [4.69, 9.17) is 23.7 Å². The summed E-state index contributed by atoms with van der Waals surface area (Å²) >= 11 is 0. The summed E-state index contributed by atoms with van der Waals surface area (Å²) in [5.41, 5.74) is -2.22. The van der Waals surface area contributed by atoms with Crippen LogP contribution in [0.1, 0.15) is 82.1 Å². The number of aliphatic hydroxyl groups is 2. The molecule has 1 saturated heterocycles. The van der Waals surface area contributed by atoms with Crippen LogP contribution in [0.25, 0.3) is 0 Å². The number of carbonyl (C=O) groups excluding carboxylic acids is 3. The molecule has 0 radical (unpaired) electrons. The van der Waals surface area contributed by atoms with Crippen molar-refractivity contribution >= 4 is 18.3 Å². The Balaban J connectivity index is 2.23. The van der Waals surface area contributed by atoms with Crippen molar-refractivity contribution in [2.45, 2.75) is 142 Å². The number of nitrogens with zero attached hydrogens (tertiary/aromatic N) is 1. The molecule has 2 aliphatic rings. The van der Waals surface area contributed by atoms with Gasteiger partial charge in [-0.15, -0.1) is 0 Å². The van der Waals surface area contributed by atoms with Crippen molar-refractivity contribution in [1.29, 1.82) is 0 Å². The van der Waals surface area contributed by atoms with Crippen LogP contribution in [0.2, 0.25) is 0 Å². The van der Waals surface area contributed by atoms with Crippen molar-refractivity contribution in [3.05, 3.63) is 0 Å². The highest BCUT2D eigenvalue weighted by molar-refractivity contribution is 5.69. The molecule has 0 aromatic rings. The van der Waals surface area contributed by atoms with Crippen molar-refractivity contribution in [1.82, 2.24) is 15.5 Å². The van der Waals surface area contributed by atoms with Gasteiger partial charge in [0.25, 0.3) is 0 Å². The van der Waals surface area contributed by atoms with Gasteiger partial charge in [0.2, 0.25) is 0 Å². The molecule has 238 valence electrons. The zero-order valence-electron chi connectivity index (χ0n) is 26.3. The highest BCUT2D eigenvalue weighted by atomic mass is 16.7. The van der Waals surface area contributed by atoms with Gasteiger partial charge in [0, 0.05) is 19.0 Å². The van der Waals surface area contributed by atoms with Crippen LogP contribution in [-0.2, 0) is 23.7 Å². The predicted octanol–water partition coefficient (Wildman–Crippen LogP) is 2.90. The van der Waals surface area contributed by atoms with Gasteiger partial charge < -0.3 is 49.4 Å². The van der Waals surface area contributed by atoms with E-state index in [2.05, 4.69) is 10.6 Å². The van der Waals surface area contributed by atoms with Gasteiger partial charge in [-0.1, -0.05) is 6.92 Å². The minimum absolute atomic E-state index is 0.0941. The summed E-state index contributed by atoms with van der Waals surface area (Å²) in [6.07, 6.45) is -6.42. The molecule has 8 unspecified atom stereocenters. The Morgan fingerprint density at radius 2 is 1.34 bits per heavy atom. The van der Waals surface area contributed by atoms with Crippen molar-refractivity contribution in [2.75, 3.05) is 13.7 Å². The number of rotatable bonds is 5. The molecule has 13 heteroatoms. The van der Waals surface area contributed by atoms with Crippen LogP contribution in [0.4, 0.5) is 14.4 Å². The zero-order valence-corrected chi connectivity index (χ0v) is 26.3. The summed E-state index contributed by atoms with van der Waals surface area (Å²) in [6.45, 7) is 17.6. The summed E-state index contributed by atoms with van der Waals surface area (Å²) in [5.74, 6) is -0.253. The number of hydrogen-bond acceptors (Lipinski definition) is 10. The zero-order chi connectivity index (χ0) is 31.5.